The van der Waals surface area contributed by atoms with Gasteiger partial charge in [0.2, 0.25) is 5.95 Å². The first-order valence-corrected chi connectivity index (χ1v) is 6.35. The number of hydrogen-bond acceptors (Lipinski definition) is 4. The predicted molar refractivity (Wildman–Crippen MR) is 76.6 cm³/mol. The first-order valence-electron chi connectivity index (χ1n) is 6.35. The quantitative estimate of drug-likeness (QED) is 0.860. The van der Waals surface area contributed by atoms with Crippen LogP contribution in [0.5, 0.6) is 5.75 Å². The van der Waals surface area contributed by atoms with Gasteiger partial charge in [0.15, 0.2) is 11.6 Å². The third kappa shape index (κ3) is 3.23. The standard InChI is InChI=1S/C15H18FN3O/c1-10-7-11(2)18-15(17-10)19(3)9-12-5-6-14(20-4)13(16)8-12/h5-8H,9H2,1-4H3. The minimum absolute atomic E-state index is 0.249. The third-order valence-electron chi connectivity index (χ3n) is 2.95. The van der Waals surface area contributed by atoms with Crippen LogP contribution >= 0.6 is 0 Å². The highest BCUT2D eigenvalue weighted by Crippen LogP contribution is 2.19. The maximum atomic E-state index is 13.7. The Kier molecular flexibility index (Phi) is 4.17. The van der Waals surface area contributed by atoms with Gasteiger partial charge in [-0.05, 0) is 37.6 Å². The molecule has 20 heavy (non-hydrogen) atoms. The van der Waals surface area contributed by atoms with E-state index in [1.165, 1.54) is 13.2 Å². The molecule has 0 fully saturated rings. The molecule has 0 unspecified atom stereocenters. The largest absolute Gasteiger partial charge is 0.494 e. The molecule has 0 radical (unpaired) electrons. The molecule has 106 valence electrons. The van der Waals surface area contributed by atoms with E-state index in [1.807, 2.05) is 37.9 Å². The van der Waals surface area contributed by atoms with Gasteiger partial charge in [-0.2, -0.15) is 0 Å². The molecular formula is C15H18FN3O. The maximum absolute atomic E-state index is 13.7. The first-order chi connectivity index (χ1) is 9.49. The SMILES string of the molecule is COc1ccc(CN(C)c2nc(C)cc(C)n2)cc1F. The molecule has 4 nitrogen and oxygen atoms in total. The smallest absolute Gasteiger partial charge is 0.225 e. The van der Waals surface area contributed by atoms with Crippen molar-refractivity contribution in [1.82, 2.24) is 9.97 Å². The van der Waals surface area contributed by atoms with Gasteiger partial charge < -0.3 is 9.64 Å². The summed E-state index contributed by atoms with van der Waals surface area (Å²) in [6.07, 6.45) is 0. The number of anilines is 1. The Balaban J connectivity index is 2.18. The van der Waals surface area contributed by atoms with Crippen molar-refractivity contribution in [2.75, 3.05) is 19.1 Å². The van der Waals surface area contributed by atoms with E-state index < -0.39 is 0 Å². The van der Waals surface area contributed by atoms with E-state index in [0.717, 1.165) is 17.0 Å². The van der Waals surface area contributed by atoms with Crippen LogP contribution in [0, 0.1) is 19.7 Å². The molecule has 0 atom stereocenters. The van der Waals surface area contributed by atoms with E-state index in [-0.39, 0.29) is 11.6 Å². The van der Waals surface area contributed by atoms with Crippen LogP contribution in [0.2, 0.25) is 0 Å². The maximum Gasteiger partial charge on any atom is 0.225 e. The third-order valence-corrected chi connectivity index (χ3v) is 2.95. The summed E-state index contributed by atoms with van der Waals surface area (Å²) in [4.78, 5) is 10.7. The molecule has 2 rings (SSSR count). The van der Waals surface area contributed by atoms with Crippen LogP contribution in [0.1, 0.15) is 17.0 Å². The van der Waals surface area contributed by atoms with Gasteiger partial charge in [0.05, 0.1) is 7.11 Å². The lowest BCUT2D eigenvalue weighted by molar-refractivity contribution is 0.386. The second kappa shape index (κ2) is 5.86. The van der Waals surface area contributed by atoms with E-state index in [4.69, 9.17) is 4.74 Å². The fraction of sp³-hybridized carbons (Fsp3) is 0.333. The molecule has 0 aliphatic heterocycles. The van der Waals surface area contributed by atoms with E-state index in [1.54, 1.807) is 6.07 Å². The zero-order valence-corrected chi connectivity index (χ0v) is 12.1. The minimum Gasteiger partial charge on any atom is -0.494 e. The Morgan fingerprint density at radius 3 is 2.35 bits per heavy atom. The summed E-state index contributed by atoms with van der Waals surface area (Å²) < 4.78 is 18.6. The van der Waals surface area contributed by atoms with Crippen molar-refractivity contribution in [3.8, 4) is 5.75 Å². The Labute approximate surface area is 118 Å². The predicted octanol–water partition coefficient (Wildman–Crippen LogP) is 2.88. The minimum atomic E-state index is -0.361. The van der Waals surface area contributed by atoms with Crippen molar-refractivity contribution in [1.29, 1.82) is 0 Å². The number of rotatable bonds is 4. The van der Waals surface area contributed by atoms with E-state index in [9.17, 15) is 4.39 Å². The summed E-state index contributed by atoms with van der Waals surface area (Å²) in [5.74, 6) is 0.525. The molecule has 0 amide bonds. The average molecular weight is 275 g/mol. The highest BCUT2D eigenvalue weighted by atomic mass is 19.1. The van der Waals surface area contributed by atoms with Crippen molar-refractivity contribution >= 4 is 5.95 Å². The fourth-order valence-electron chi connectivity index (χ4n) is 2.03. The van der Waals surface area contributed by atoms with Gasteiger partial charge in [0, 0.05) is 25.0 Å². The van der Waals surface area contributed by atoms with Gasteiger partial charge in [-0.15, -0.1) is 0 Å². The molecule has 5 heteroatoms. The Morgan fingerprint density at radius 2 is 1.80 bits per heavy atom. The Hall–Kier alpha value is -2.17. The molecule has 1 aromatic heterocycles. The number of halogens is 1. The second-order valence-electron chi connectivity index (χ2n) is 4.78. The topological polar surface area (TPSA) is 38.2 Å². The normalized spacial score (nSPS) is 10.4. The van der Waals surface area contributed by atoms with Crippen LogP contribution in [-0.2, 0) is 6.54 Å². The van der Waals surface area contributed by atoms with Crippen LogP contribution in [0.4, 0.5) is 10.3 Å². The van der Waals surface area contributed by atoms with E-state index in [0.29, 0.717) is 12.5 Å². The lowest BCUT2D eigenvalue weighted by atomic mass is 10.2. The molecule has 0 N–H and O–H groups in total. The first kappa shape index (κ1) is 14.2. The molecule has 2 aromatic rings. The van der Waals surface area contributed by atoms with Crippen molar-refractivity contribution < 1.29 is 9.13 Å². The molecule has 0 aliphatic carbocycles. The summed E-state index contributed by atoms with van der Waals surface area (Å²) in [5.41, 5.74) is 2.68. The molecule has 0 saturated heterocycles. The summed E-state index contributed by atoms with van der Waals surface area (Å²) in [5, 5.41) is 0. The van der Waals surface area contributed by atoms with Gasteiger partial charge in [-0.1, -0.05) is 6.07 Å². The molecule has 0 spiro atoms. The van der Waals surface area contributed by atoms with Gasteiger partial charge in [-0.25, -0.2) is 14.4 Å². The molecular weight excluding hydrogens is 257 g/mol. The van der Waals surface area contributed by atoms with Gasteiger partial charge in [0.25, 0.3) is 0 Å². The molecule has 0 bridgehead atoms. The highest BCUT2D eigenvalue weighted by molar-refractivity contribution is 5.35. The summed E-state index contributed by atoms with van der Waals surface area (Å²) in [7, 11) is 3.34. The van der Waals surface area contributed by atoms with Crippen LogP contribution in [0.3, 0.4) is 0 Å². The number of aromatic nitrogens is 2. The number of aryl methyl sites for hydroxylation is 2. The lowest BCUT2D eigenvalue weighted by Gasteiger charge is -2.18. The summed E-state index contributed by atoms with van der Waals surface area (Å²) >= 11 is 0. The Bertz CT molecular complexity index is 596. The molecule has 1 heterocycles. The van der Waals surface area contributed by atoms with Gasteiger partial charge in [0.1, 0.15) is 0 Å². The van der Waals surface area contributed by atoms with Crippen molar-refractivity contribution in [2.45, 2.75) is 20.4 Å². The number of benzene rings is 1. The second-order valence-corrected chi connectivity index (χ2v) is 4.78. The fourth-order valence-corrected chi connectivity index (χ4v) is 2.03. The van der Waals surface area contributed by atoms with Crippen LogP contribution in [0.25, 0.3) is 0 Å². The van der Waals surface area contributed by atoms with Crippen LogP contribution in [-0.4, -0.2) is 24.1 Å². The van der Waals surface area contributed by atoms with Crippen LogP contribution in [0.15, 0.2) is 24.3 Å². The number of nitrogens with zero attached hydrogens (tertiary/aromatic N) is 3. The summed E-state index contributed by atoms with van der Waals surface area (Å²) in [6, 6.07) is 6.85. The number of methoxy groups -OCH3 is 1. The molecule has 0 saturated carbocycles. The zero-order valence-electron chi connectivity index (χ0n) is 12.1. The number of hydrogen-bond donors (Lipinski definition) is 0. The molecule has 0 aliphatic rings. The van der Waals surface area contributed by atoms with Crippen molar-refractivity contribution in [3.63, 3.8) is 0 Å². The number of ether oxygens (including phenoxy) is 1. The van der Waals surface area contributed by atoms with Gasteiger partial charge in [-0.3, -0.25) is 0 Å². The Morgan fingerprint density at radius 1 is 1.15 bits per heavy atom. The highest BCUT2D eigenvalue weighted by Gasteiger charge is 2.09. The lowest BCUT2D eigenvalue weighted by Crippen LogP contribution is -2.20. The van der Waals surface area contributed by atoms with Gasteiger partial charge >= 0.3 is 0 Å². The average Bonchev–Trinajstić information content (AvgIpc) is 2.37. The van der Waals surface area contributed by atoms with Crippen molar-refractivity contribution in [3.05, 3.63) is 47.0 Å². The van der Waals surface area contributed by atoms with Crippen molar-refractivity contribution in [2.24, 2.45) is 0 Å². The zero-order chi connectivity index (χ0) is 14.7. The van der Waals surface area contributed by atoms with E-state index >= 15 is 0 Å². The summed E-state index contributed by atoms with van der Waals surface area (Å²) in [6.45, 7) is 4.39. The van der Waals surface area contributed by atoms with E-state index in [2.05, 4.69) is 9.97 Å². The van der Waals surface area contributed by atoms with Crippen LogP contribution < -0.4 is 9.64 Å². The molecule has 1 aromatic carbocycles. The monoisotopic (exact) mass is 275 g/mol.